The maximum Gasteiger partial charge on any atom is 0.168 e. The lowest BCUT2D eigenvalue weighted by atomic mass is 10.0. The molecule has 0 unspecified atom stereocenters. The molecular weight excluding hydrogens is 232 g/mol. The van der Waals surface area contributed by atoms with Gasteiger partial charge in [-0.1, -0.05) is 0 Å². The zero-order valence-corrected chi connectivity index (χ0v) is 10.9. The molecule has 0 radical (unpaired) electrons. The highest BCUT2D eigenvalue weighted by molar-refractivity contribution is 6.00. The molecule has 0 saturated heterocycles. The topological polar surface area (TPSA) is 47.9 Å². The van der Waals surface area contributed by atoms with Crippen molar-refractivity contribution in [3.05, 3.63) is 23.8 Å². The van der Waals surface area contributed by atoms with E-state index in [9.17, 15) is 5.11 Å². The molecule has 0 aromatic heterocycles. The van der Waals surface area contributed by atoms with Crippen LogP contribution in [0.2, 0.25) is 0 Å². The van der Waals surface area contributed by atoms with Gasteiger partial charge in [0.15, 0.2) is 11.5 Å². The van der Waals surface area contributed by atoms with Gasteiger partial charge in [0.25, 0.3) is 0 Å². The molecule has 96 valence electrons. The number of benzene rings is 2. The Hall–Kier alpha value is -2.10. The first-order chi connectivity index (χ1) is 8.62. The summed E-state index contributed by atoms with van der Waals surface area (Å²) in [5.74, 6) is 1.89. The van der Waals surface area contributed by atoms with Crippen LogP contribution in [0.5, 0.6) is 23.0 Å². The van der Waals surface area contributed by atoms with Gasteiger partial charge in [-0.2, -0.15) is 0 Å². The van der Waals surface area contributed by atoms with Crippen molar-refractivity contribution in [3.8, 4) is 23.0 Å². The second-order valence-electron chi connectivity index (χ2n) is 4.02. The van der Waals surface area contributed by atoms with Crippen LogP contribution in [-0.4, -0.2) is 26.4 Å². The summed E-state index contributed by atoms with van der Waals surface area (Å²) in [6, 6.07) is 5.33. The third kappa shape index (κ3) is 1.79. The van der Waals surface area contributed by atoms with E-state index in [4.69, 9.17) is 14.2 Å². The van der Waals surface area contributed by atoms with E-state index in [1.165, 1.54) is 0 Å². The molecule has 0 aliphatic carbocycles. The van der Waals surface area contributed by atoms with E-state index in [2.05, 4.69) is 0 Å². The molecule has 4 nitrogen and oxygen atoms in total. The highest BCUT2D eigenvalue weighted by atomic mass is 16.5. The summed E-state index contributed by atoms with van der Waals surface area (Å²) in [5.41, 5.74) is 0.939. The molecule has 0 heterocycles. The van der Waals surface area contributed by atoms with Crippen LogP contribution in [0.1, 0.15) is 5.56 Å². The summed E-state index contributed by atoms with van der Waals surface area (Å²) >= 11 is 0. The minimum atomic E-state index is 0.169. The van der Waals surface area contributed by atoms with E-state index < -0.39 is 0 Å². The molecule has 0 atom stereocenters. The number of rotatable bonds is 3. The number of ether oxygens (including phenoxy) is 3. The van der Waals surface area contributed by atoms with Crippen molar-refractivity contribution >= 4 is 10.8 Å². The van der Waals surface area contributed by atoms with E-state index in [0.717, 1.165) is 10.9 Å². The average Bonchev–Trinajstić information content (AvgIpc) is 2.36. The number of methoxy groups -OCH3 is 3. The van der Waals surface area contributed by atoms with Gasteiger partial charge in [-0.25, -0.2) is 0 Å². The van der Waals surface area contributed by atoms with E-state index in [-0.39, 0.29) is 5.75 Å². The fraction of sp³-hybridized carbons (Fsp3) is 0.286. The van der Waals surface area contributed by atoms with Crippen LogP contribution in [0.15, 0.2) is 18.2 Å². The monoisotopic (exact) mass is 248 g/mol. The van der Waals surface area contributed by atoms with E-state index in [1.807, 2.05) is 13.0 Å². The molecule has 0 amide bonds. The first-order valence-corrected chi connectivity index (χ1v) is 5.54. The van der Waals surface area contributed by atoms with Crippen LogP contribution < -0.4 is 14.2 Å². The summed E-state index contributed by atoms with van der Waals surface area (Å²) in [4.78, 5) is 0. The van der Waals surface area contributed by atoms with Crippen molar-refractivity contribution < 1.29 is 19.3 Å². The Kier molecular flexibility index (Phi) is 3.19. The van der Waals surface area contributed by atoms with Gasteiger partial charge >= 0.3 is 0 Å². The summed E-state index contributed by atoms with van der Waals surface area (Å²) in [6.07, 6.45) is 0. The Balaban J connectivity index is 2.95. The number of phenols is 1. The first kappa shape index (κ1) is 12.4. The standard InChI is InChI=1S/C14H16O4/c1-8-5-9-13(10(15)6-8)11(16-2)7-12(17-3)14(9)18-4/h5-7,15H,1-4H3. The van der Waals surface area contributed by atoms with Gasteiger partial charge in [0.2, 0.25) is 0 Å². The maximum absolute atomic E-state index is 10.1. The highest BCUT2D eigenvalue weighted by Crippen LogP contribution is 2.45. The number of aryl methyl sites for hydroxylation is 1. The lowest BCUT2D eigenvalue weighted by Crippen LogP contribution is -1.95. The van der Waals surface area contributed by atoms with Gasteiger partial charge in [0, 0.05) is 11.5 Å². The number of phenolic OH excluding ortho intramolecular Hbond substituents is 1. The third-order valence-corrected chi connectivity index (χ3v) is 2.88. The molecule has 0 bridgehead atoms. The second kappa shape index (κ2) is 4.64. The molecule has 2 aromatic rings. The van der Waals surface area contributed by atoms with E-state index in [0.29, 0.717) is 22.6 Å². The minimum absolute atomic E-state index is 0.169. The van der Waals surface area contributed by atoms with Gasteiger partial charge in [0.05, 0.1) is 26.7 Å². The van der Waals surface area contributed by atoms with Crippen LogP contribution >= 0.6 is 0 Å². The predicted molar refractivity (Wildman–Crippen MR) is 70.0 cm³/mol. The Morgan fingerprint density at radius 2 is 1.56 bits per heavy atom. The maximum atomic E-state index is 10.1. The molecule has 4 heteroatoms. The SMILES string of the molecule is COc1cc(OC)c2c(O)cc(C)cc2c1OC. The molecule has 0 aliphatic rings. The Labute approximate surface area is 106 Å². The molecule has 2 rings (SSSR count). The van der Waals surface area contributed by atoms with Crippen molar-refractivity contribution in [2.75, 3.05) is 21.3 Å². The summed E-state index contributed by atoms with van der Waals surface area (Å²) in [7, 11) is 4.70. The van der Waals surface area contributed by atoms with Gasteiger partial charge < -0.3 is 19.3 Å². The van der Waals surface area contributed by atoms with Crippen LogP contribution in [0, 0.1) is 6.92 Å². The molecule has 0 aliphatic heterocycles. The van der Waals surface area contributed by atoms with Crippen LogP contribution in [0.25, 0.3) is 10.8 Å². The zero-order chi connectivity index (χ0) is 13.3. The van der Waals surface area contributed by atoms with E-state index >= 15 is 0 Å². The Morgan fingerprint density at radius 3 is 2.11 bits per heavy atom. The third-order valence-electron chi connectivity index (χ3n) is 2.88. The molecule has 1 N–H and O–H groups in total. The van der Waals surface area contributed by atoms with Gasteiger partial charge in [-0.3, -0.25) is 0 Å². The van der Waals surface area contributed by atoms with Crippen LogP contribution in [-0.2, 0) is 0 Å². The fourth-order valence-electron chi connectivity index (χ4n) is 2.12. The van der Waals surface area contributed by atoms with Crippen molar-refractivity contribution in [1.82, 2.24) is 0 Å². The van der Waals surface area contributed by atoms with Crippen LogP contribution in [0.4, 0.5) is 0 Å². The summed E-state index contributed by atoms with van der Waals surface area (Å²) < 4.78 is 15.9. The van der Waals surface area contributed by atoms with Crippen molar-refractivity contribution in [3.63, 3.8) is 0 Å². The van der Waals surface area contributed by atoms with E-state index in [1.54, 1.807) is 33.5 Å². The molecule has 0 saturated carbocycles. The minimum Gasteiger partial charge on any atom is -0.507 e. The fourth-order valence-corrected chi connectivity index (χ4v) is 2.12. The summed E-state index contributed by atoms with van der Waals surface area (Å²) in [6.45, 7) is 1.91. The van der Waals surface area contributed by atoms with Crippen molar-refractivity contribution in [2.24, 2.45) is 0 Å². The lowest BCUT2D eigenvalue weighted by molar-refractivity contribution is 0.353. The number of aromatic hydroxyl groups is 1. The quantitative estimate of drug-likeness (QED) is 0.907. The average molecular weight is 248 g/mol. The molecular formula is C14H16O4. The Morgan fingerprint density at radius 1 is 0.889 bits per heavy atom. The first-order valence-electron chi connectivity index (χ1n) is 5.54. The van der Waals surface area contributed by atoms with Crippen molar-refractivity contribution in [1.29, 1.82) is 0 Å². The largest absolute Gasteiger partial charge is 0.507 e. The number of fused-ring (bicyclic) bond motifs is 1. The molecule has 0 fully saturated rings. The van der Waals surface area contributed by atoms with Gasteiger partial charge in [-0.05, 0) is 24.6 Å². The Bertz CT molecular complexity index is 590. The van der Waals surface area contributed by atoms with Gasteiger partial charge in [0.1, 0.15) is 11.5 Å². The van der Waals surface area contributed by atoms with Gasteiger partial charge in [-0.15, -0.1) is 0 Å². The molecule has 18 heavy (non-hydrogen) atoms. The molecule has 2 aromatic carbocycles. The molecule has 0 spiro atoms. The predicted octanol–water partition coefficient (Wildman–Crippen LogP) is 2.88. The van der Waals surface area contributed by atoms with Crippen LogP contribution in [0.3, 0.4) is 0 Å². The zero-order valence-electron chi connectivity index (χ0n) is 10.9. The normalized spacial score (nSPS) is 10.4. The highest BCUT2D eigenvalue weighted by Gasteiger charge is 2.17. The number of hydrogen-bond donors (Lipinski definition) is 1. The smallest absolute Gasteiger partial charge is 0.168 e. The lowest BCUT2D eigenvalue weighted by Gasteiger charge is -2.15. The van der Waals surface area contributed by atoms with Crippen molar-refractivity contribution in [2.45, 2.75) is 6.92 Å². The number of hydrogen-bond acceptors (Lipinski definition) is 4. The second-order valence-corrected chi connectivity index (χ2v) is 4.02. The summed E-state index contributed by atoms with van der Waals surface area (Å²) in [5, 5.41) is 11.5.